The van der Waals surface area contributed by atoms with Crippen molar-refractivity contribution in [3.05, 3.63) is 46.7 Å². The predicted octanol–water partition coefficient (Wildman–Crippen LogP) is 2.64. The van der Waals surface area contributed by atoms with E-state index in [1.54, 1.807) is 13.0 Å². The van der Waals surface area contributed by atoms with Crippen LogP contribution in [0.2, 0.25) is 5.02 Å². The summed E-state index contributed by atoms with van der Waals surface area (Å²) < 4.78 is 4.96. The number of aromatic nitrogens is 1. The highest BCUT2D eigenvalue weighted by atomic mass is 35.5. The molecule has 1 fully saturated rings. The average molecular weight is 371 g/mol. The maximum Gasteiger partial charge on any atom is 0.239 e. The minimum Gasteiger partial charge on any atom is -0.360 e. The van der Waals surface area contributed by atoms with Crippen molar-refractivity contribution in [1.82, 2.24) is 15.4 Å². The van der Waals surface area contributed by atoms with Crippen molar-refractivity contribution in [1.29, 1.82) is 0 Å². The van der Waals surface area contributed by atoms with Crippen molar-refractivity contribution >= 4 is 35.7 Å². The number of carbonyl (C=O) groups is 1. The lowest BCUT2D eigenvalue weighted by molar-refractivity contribution is -0.118. The summed E-state index contributed by atoms with van der Waals surface area (Å²) in [6.45, 7) is 4.52. The molecule has 1 atom stereocenters. The Bertz CT molecular complexity index is 692. The lowest BCUT2D eigenvalue weighted by atomic mass is 10.0. The molecule has 1 aliphatic heterocycles. The number of piperazine rings is 1. The number of hydrogen-bond acceptors (Lipinski definition) is 5. The fraction of sp³-hybridized carbons (Fsp3) is 0.375. The van der Waals surface area contributed by atoms with Crippen LogP contribution in [0, 0.1) is 6.92 Å². The van der Waals surface area contributed by atoms with E-state index >= 15 is 0 Å². The normalized spacial score (nSPS) is 18.0. The molecule has 1 saturated heterocycles. The Hall–Kier alpha value is -1.60. The first-order valence-electron chi connectivity index (χ1n) is 7.55. The highest BCUT2D eigenvalue weighted by Crippen LogP contribution is 2.24. The van der Waals surface area contributed by atoms with Crippen molar-refractivity contribution in [2.24, 2.45) is 0 Å². The largest absolute Gasteiger partial charge is 0.360 e. The Kier molecular flexibility index (Phi) is 6.62. The third kappa shape index (κ3) is 4.70. The second-order valence-electron chi connectivity index (χ2n) is 5.62. The minimum absolute atomic E-state index is 0. The molecule has 2 aromatic rings. The molecule has 0 spiro atoms. The number of amides is 1. The Morgan fingerprint density at radius 1 is 1.50 bits per heavy atom. The summed E-state index contributed by atoms with van der Waals surface area (Å²) >= 11 is 6.09. The first-order chi connectivity index (χ1) is 11.1. The van der Waals surface area contributed by atoms with Gasteiger partial charge in [-0.3, -0.25) is 9.69 Å². The second-order valence-corrected chi connectivity index (χ2v) is 6.05. The van der Waals surface area contributed by atoms with Crippen LogP contribution in [0.3, 0.4) is 0 Å². The summed E-state index contributed by atoms with van der Waals surface area (Å²) in [5.41, 5.74) is 1.11. The second kappa shape index (κ2) is 8.48. The van der Waals surface area contributed by atoms with E-state index in [1.807, 2.05) is 24.3 Å². The van der Waals surface area contributed by atoms with E-state index in [4.69, 9.17) is 16.1 Å². The molecule has 0 radical (unpaired) electrons. The first kappa shape index (κ1) is 18.7. The van der Waals surface area contributed by atoms with Gasteiger partial charge >= 0.3 is 0 Å². The SMILES string of the molecule is Cc1cc(NC(=O)CN2CCNCC2c2cccc(Cl)c2)no1.Cl. The van der Waals surface area contributed by atoms with Crippen LogP contribution < -0.4 is 10.6 Å². The quantitative estimate of drug-likeness (QED) is 0.865. The van der Waals surface area contributed by atoms with E-state index in [0.29, 0.717) is 23.1 Å². The van der Waals surface area contributed by atoms with Crippen LogP contribution in [0.15, 0.2) is 34.9 Å². The van der Waals surface area contributed by atoms with Crippen LogP contribution in [0.25, 0.3) is 0 Å². The Balaban J connectivity index is 0.00000208. The molecular weight excluding hydrogens is 351 g/mol. The lowest BCUT2D eigenvalue weighted by Crippen LogP contribution is -2.48. The van der Waals surface area contributed by atoms with Crippen LogP contribution >= 0.6 is 24.0 Å². The van der Waals surface area contributed by atoms with Gasteiger partial charge in [-0.1, -0.05) is 28.9 Å². The molecule has 0 bridgehead atoms. The lowest BCUT2D eigenvalue weighted by Gasteiger charge is -2.36. The van der Waals surface area contributed by atoms with E-state index in [-0.39, 0.29) is 24.4 Å². The van der Waals surface area contributed by atoms with Crippen LogP contribution in [-0.2, 0) is 4.79 Å². The number of benzene rings is 1. The molecule has 1 aliphatic rings. The number of rotatable bonds is 4. The van der Waals surface area contributed by atoms with Gasteiger partial charge in [0.1, 0.15) is 5.76 Å². The van der Waals surface area contributed by atoms with Crippen LogP contribution in [-0.4, -0.2) is 42.1 Å². The molecule has 1 unspecified atom stereocenters. The molecular formula is C16H20Cl2N4O2. The number of nitrogens with one attached hydrogen (secondary N) is 2. The summed E-state index contributed by atoms with van der Waals surface area (Å²) in [6, 6.07) is 9.59. The van der Waals surface area contributed by atoms with Crippen molar-refractivity contribution in [3.63, 3.8) is 0 Å². The third-order valence-electron chi connectivity index (χ3n) is 3.83. The van der Waals surface area contributed by atoms with E-state index in [1.165, 1.54) is 0 Å². The molecule has 1 aromatic heterocycles. The molecule has 3 rings (SSSR count). The molecule has 8 heteroatoms. The highest BCUT2D eigenvalue weighted by molar-refractivity contribution is 6.30. The Morgan fingerprint density at radius 3 is 3.04 bits per heavy atom. The van der Waals surface area contributed by atoms with Crippen molar-refractivity contribution in [3.8, 4) is 0 Å². The molecule has 0 aliphatic carbocycles. The number of halogens is 2. The summed E-state index contributed by atoms with van der Waals surface area (Å²) in [5, 5.41) is 10.6. The zero-order valence-electron chi connectivity index (χ0n) is 13.3. The number of anilines is 1. The monoisotopic (exact) mass is 370 g/mol. The zero-order valence-corrected chi connectivity index (χ0v) is 14.9. The van der Waals surface area contributed by atoms with Crippen LogP contribution in [0.5, 0.6) is 0 Å². The van der Waals surface area contributed by atoms with Crippen molar-refractivity contribution < 1.29 is 9.32 Å². The van der Waals surface area contributed by atoms with Gasteiger partial charge in [0.25, 0.3) is 0 Å². The van der Waals surface area contributed by atoms with E-state index in [2.05, 4.69) is 20.7 Å². The average Bonchev–Trinajstić information content (AvgIpc) is 2.92. The molecule has 130 valence electrons. The smallest absolute Gasteiger partial charge is 0.239 e. The van der Waals surface area contributed by atoms with Gasteiger partial charge in [-0.2, -0.15) is 0 Å². The fourth-order valence-corrected chi connectivity index (χ4v) is 2.97. The Morgan fingerprint density at radius 2 is 2.33 bits per heavy atom. The Labute approximate surface area is 151 Å². The molecule has 24 heavy (non-hydrogen) atoms. The van der Waals surface area contributed by atoms with Gasteiger partial charge in [0.2, 0.25) is 5.91 Å². The summed E-state index contributed by atoms with van der Waals surface area (Å²) in [4.78, 5) is 14.4. The molecule has 1 amide bonds. The van der Waals surface area contributed by atoms with Crippen molar-refractivity contribution in [2.45, 2.75) is 13.0 Å². The minimum atomic E-state index is -0.104. The van der Waals surface area contributed by atoms with Crippen molar-refractivity contribution in [2.75, 3.05) is 31.5 Å². The predicted molar refractivity (Wildman–Crippen MR) is 95.8 cm³/mol. The molecule has 1 aromatic carbocycles. The number of aryl methyl sites for hydroxylation is 1. The van der Waals surface area contributed by atoms with Gasteiger partial charge in [-0.25, -0.2) is 0 Å². The molecule has 2 heterocycles. The maximum atomic E-state index is 12.3. The molecule has 6 nitrogen and oxygen atoms in total. The van der Waals surface area contributed by atoms with Gasteiger partial charge in [0.15, 0.2) is 5.82 Å². The number of nitrogens with zero attached hydrogens (tertiary/aromatic N) is 2. The summed E-state index contributed by atoms with van der Waals surface area (Å²) in [6.07, 6.45) is 0. The first-order valence-corrected chi connectivity index (χ1v) is 7.93. The summed E-state index contributed by atoms with van der Waals surface area (Å²) in [7, 11) is 0. The van der Waals surface area contributed by atoms with Gasteiger partial charge in [-0.05, 0) is 24.6 Å². The van der Waals surface area contributed by atoms with E-state index < -0.39 is 0 Å². The highest BCUT2D eigenvalue weighted by Gasteiger charge is 2.25. The van der Waals surface area contributed by atoms with Gasteiger partial charge in [0, 0.05) is 36.8 Å². The molecule has 2 N–H and O–H groups in total. The van der Waals surface area contributed by atoms with Gasteiger partial charge in [0.05, 0.1) is 6.54 Å². The number of carbonyl (C=O) groups excluding carboxylic acids is 1. The topological polar surface area (TPSA) is 70.4 Å². The number of hydrogen-bond donors (Lipinski definition) is 2. The fourth-order valence-electron chi connectivity index (χ4n) is 2.77. The zero-order chi connectivity index (χ0) is 16.2. The van der Waals surface area contributed by atoms with E-state index in [0.717, 1.165) is 25.2 Å². The molecule has 0 saturated carbocycles. The maximum absolute atomic E-state index is 12.3. The van der Waals surface area contributed by atoms with Crippen LogP contribution in [0.1, 0.15) is 17.4 Å². The third-order valence-corrected chi connectivity index (χ3v) is 4.06. The standard InChI is InChI=1S/C16H19ClN4O2.ClH/c1-11-7-15(20-23-11)19-16(22)10-21-6-5-18-9-14(21)12-3-2-4-13(17)8-12;/h2-4,7-8,14,18H,5-6,9-10H2,1H3,(H,19,20,22);1H. The van der Waals surface area contributed by atoms with Gasteiger partial charge in [-0.15, -0.1) is 12.4 Å². The summed E-state index contributed by atoms with van der Waals surface area (Å²) in [5.74, 6) is 1.01. The van der Waals surface area contributed by atoms with Crippen LogP contribution in [0.4, 0.5) is 5.82 Å². The van der Waals surface area contributed by atoms with E-state index in [9.17, 15) is 4.79 Å². The van der Waals surface area contributed by atoms with Gasteiger partial charge < -0.3 is 15.2 Å².